The fraction of sp³-hybridized carbons (Fsp3) is 0.0500. The molecular weight excluding hydrogens is 270 g/mol. The van der Waals surface area contributed by atoms with E-state index in [0.717, 1.165) is 22.4 Å². The number of nitrogens with one attached hydrogen (secondary N) is 1. The highest BCUT2D eigenvalue weighted by molar-refractivity contribution is 5.92. The quantitative estimate of drug-likeness (QED) is 0.750. The second kappa shape index (κ2) is 6.72. The Hall–Kier alpha value is -2.87. The molecule has 1 N–H and O–H groups in total. The summed E-state index contributed by atoms with van der Waals surface area (Å²) in [6.07, 6.45) is 0.385. The molecule has 1 amide bonds. The van der Waals surface area contributed by atoms with Crippen molar-refractivity contribution in [1.82, 2.24) is 0 Å². The van der Waals surface area contributed by atoms with Crippen LogP contribution in [0, 0.1) is 0 Å². The summed E-state index contributed by atoms with van der Waals surface area (Å²) in [6, 6.07) is 27.8. The van der Waals surface area contributed by atoms with Gasteiger partial charge in [0.2, 0.25) is 5.91 Å². The molecule has 0 aromatic heterocycles. The van der Waals surface area contributed by atoms with Crippen molar-refractivity contribution < 1.29 is 4.79 Å². The first kappa shape index (κ1) is 14.1. The van der Waals surface area contributed by atoms with Crippen LogP contribution in [0.4, 0.5) is 5.69 Å². The summed E-state index contributed by atoms with van der Waals surface area (Å²) in [4.78, 5) is 12.1. The van der Waals surface area contributed by atoms with Gasteiger partial charge in [-0.2, -0.15) is 0 Å². The molecule has 0 aliphatic rings. The standard InChI is InChI=1S/C20H17NO/c22-20(14-16-8-3-1-4-9-16)21-19-13-7-12-18(15-19)17-10-5-2-6-11-17/h1-13,15H,14H2,(H,21,22). The van der Waals surface area contributed by atoms with Gasteiger partial charge in [-0.25, -0.2) is 0 Å². The average Bonchev–Trinajstić information content (AvgIpc) is 2.57. The number of anilines is 1. The Morgan fingerprint density at radius 3 is 2.09 bits per heavy atom. The lowest BCUT2D eigenvalue weighted by molar-refractivity contribution is -0.115. The number of carbonyl (C=O) groups excluding carboxylic acids is 1. The fourth-order valence-electron chi connectivity index (χ4n) is 2.39. The lowest BCUT2D eigenvalue weighted by atomic mass is 10.1. The van der Waals surface area contributed by atoms with Crippen LogP contribution in [-0.4, -0.2) is 5.91 Å². The van der Waals surface area contributed by atoms with Gasteiger partial charge in [-0.05, 0) is 28.8 Å². The molecule has 3 rings (SSSR count). The van der Waals surface area contributed by atoms with Crippen LogP contribution < -0.4 is 5.32 Å². The molecule has 0 aliphatic heterocycles. The minimum absolute atomic E-state index is 0.00332. The van der Waals surface area contributed by atoms with E-state index in [2.05, 4.69) is 17.4 Å². The molecule has 108 valence electrons. The van der Waals surface area contributed by atoms with Crippen LogP contribution in [0.15, 0.2) is 84.9 Å². The van der Waals surface area contributed by atoms with Gasteiger partial charge < -0.3 is 5.32 Å². The Labute approximate surface area is 130 Å². The van der Waals surface area contributed by atoms with E-state index in [0.29, 0.717) is 6.42 Å². The summed E-state index contributed by atoms with van der Waals surface area (Å²) in [7, 11) is 0. The molecule has 0 radical (unpaired) electrons. The lowest BCUT2D eigenvalue weighted by Crippen LogP contribution is -2.14. The van der Waals surface area contributed by atoms with Gasteiger partial charge in [0, 0.05) is 5.69 Å². The van der Waals surface area contributed by atoms with Crippen molar-refractivity contribution in [3.05, 3.63) is 90.5 Å². The third kappa shape index (κ3) is 3.61. The number of carbonyl (C=O) groups is 1. The molecular formula is C20H17NO. The van der Waals surface area contributed by atoms with E-state index in [1.54, 1.807) is 0 Å². The zero-order valence-corrected chi connectivity index (χ0v) is 12.2. The molecule has 0 unspecified atom stereocenters. The highest BCUT2D eigenvalue weighted by Crippen LogP contribution is 2.22. The SMILES string of the molecule is O=C(Cc1ccccc1)Nc1cccc(-c2ccccc2)c1. The highest BCUT2D eigenvalue weighted by Gasteiger charge is 2.05. The maximum atomic E-state index is 12.1. The topological polar surface area (TPSA) is 29.1 Å². The van der Waals surface area contributed by atoms with Crippen molar-refractivity contribution in [2.24, 2.45) is 0 Å². The van der Waals surface area contributed by atoms with Gasteiger partial charge in [-0.15, -0.1) is 0 Å². The van der Waals surface area contributed by atoms with Gasteiger partial charge in [0.25, 0.3) is 0 Å². The molecule has 2 heteroatoms. The molecule has 0 spiro atoms. The largest absolute Gasteiger partial charge is 0.326 e. The number of hydrogen-bond acceptors (Lipinski definition) is 1. The first-order chi connectivity index (χ1) is 10.8. The predicted octanol–water partition coefficient (Wildman–Crippen LogP) is 4.53. The smallest absolute Gasteiger partial charge is 0.228 e. The van der Waals surface area contributed by atoms with Crippen molar-refractivity contribution in [2.75, 3.05) is 5.32 Å². The summed E-state index contributed by atoms with van der Waals surface area (Å²) < 4.78 is 0. The van der Waals surface area contributed by atoms with Crippen molar-refractivity contribution in [3.63, 3.8) is 0 Å². The van der Waals surface area contributed by atoms with E-state index < -0.39 is 0 Å². The van der Waals surface area contributed by atoms with Gasteiger partial charge in [0.15, 0.2) is 0 Å². The highest BCUT2D eigenvalue weighted by atomic mass is 16.1. The second-order valence-corrected chi connectivity index (χ2v) is 5.16. The van der Waals surface area contributed by atoms with E-state index in [1.165, 1.54) is 0 Å². The van der Waals surface area contributed by atoms with Crippen molar-refractivity contribution in [3.8, 4) is 11.1 Å². The number of rotatable bonds is 4. The van der Waals surface area contributed by atoms with Crippen LogP contribution >= 0.6 is 0 Å². The summed E-state index contributed by atoms with van der Waals surface area (Å²) in [6.45, 7) is 0. The molecule has 0 bridgehead atoms. The van der Waals surface area contributed by atoms with E-state index in [4.69, 9.17) is 0 Å². The maximum Gasteiger partial charge on any atom is 0.228 e. The monoisotopic (exact) mass is 287 g/mol. The van der Waals surface area contributed by atoms with Crippen LogP contribution in [-0.2, 0) is 11.2 Å². The third-order valence-electron chi connectivity index (χ3n) is 3.46. The van der Waals surface area contributed by atoms with Gasteiger partial charge in [-0.3, -0.25) is 4.79 Å². The number of amides is 1. The Morgan fingerprint density at radius 1 is 0.727 bits per heavy atom. The molecule has 0 saturated heterocycles. The van der Waals surface area contributed by atoms with Crippen LogP contribution in [0.5, 0.6) is 0 Å². The first-order valence-corrected chi connectivity index (χ1v) is 7.30. The van der Waals surface area contributed by atoms with Crippen molar-refractivity contribution >= 4 is 11.6 Å². The van der Waals surface area contributed by atoms with Gasteiger partial charge >= 0.3 is 0 Å². The van der Waals surface area contributed by atoms with E-state index in [1.807, 2.05) is 72.8 Å². The Balaban J connectivity index is 1.72. The van der Waals surface area contributed by atoms with E-state index in [9.17, 15) is 4.79 Å². The van der Waals surface area contributed by atoms with E-state index in [-0.39, 0.29) is 5.91 Å². The van der Waals surface area contributed by atoms with Crippen LogP contribution in [0.25, 0.3) is 11.1 Å². The normalized spacial score (nSPS) is 10.2. The summed E-state index contributed by atoms with van der Waals surface area (Å²) in [5.41, 5.74) is 4.07. The van der Waals surface area contributed by atoms with Gasteiger partial charge in [-0.1, -0.05) is 72.8 Å². The molecule has 0 atom stereocenters. The van der Waals surface area contributed by atoms with E-state index >= 15 is 0 Å². The molecule has 0 fully saturated rings. The Kier molecular flexibility index (Phi) is 4.30. The molecule has 2 nitrogen and oxygen atoms in total. The second-order valence-electron chi connectivity index (χ2n) is 5.16. The minimum atomic E-state index is -0.00332. The third-order valence-corrected chi connectivity index (χ3v) is 3.46. The molecule has 22 heavy (non-hydrogen) atoms. The Bertz CT molecular complexity index is 751. The van der Waals surface area contributed by atoms with Crippen molar-refractivity contribution in [2.45, 2.75) is 6.42 Å². The van der Waals surface area contributed by atoms with Crippen LogP contribution in [0.1, 0.15) is 5.56 Å². The maximum absolute atomic E-state index is 12.1. The molecule has 0 saturated carbocycles. The van der Waals surface area contributed by atoms with Crippen molar-refractivity contribution in [1.29, 1.82) is 0 Å². The first-order valence-electron chi connectivity index (χ1n) is 7.30. The Morgan fingerprint density at radius 2 is 1.36 bits per heavy atom. The predicted molar refractivity (Wildman–Crippen MR) is 90.7 cm³/mol. The van der Waals surface area contributed by atoms with Gasteiger partial charge in [0.05, 0.1) is 6.42 Å². The molecule has 0 aliphatic carbocycles. The fourth-order valence-corrected chi connectivity index (χ4v) is 2.39. The summed E-state index contributed by atoms with van der Waals surface area (Å²) in [5.74, 6) is -0.00332. The van der Waals surface area contributed by atoms with Gasteiger partial charge in [0.1, 0.15) is 0 Å². The molecule has 0 heterocycles. The minimum Gasteiger partial charge on any atom is -0.326 e. The number of hydrogen-bond donors (Lipinski definition) is 1. The van der Waals surface area contributed by atoms with Crippen LogP contribution in [0.2, 0.25) is 0 Å². The molecule has 3 aromatic carbocycles. The average molecular weight is 287 g/mol. The zero-order valence-electron chi connectivity index (χ0n) is 12.2. The zero-order chi connectivity index (χ0) is 15.2. The number of benzene rings is 3. The summed E-state index contributed by atoms with van der Waals surface area (Å²) in [5, 5.41) is 2.96. The van der Waals surface area contributed by atoms with Crippen LogP contribution in [0.3, 0.4) is 0 Å². The lowest BCUT2D eigenvalue weighted by Gasteiger charge is -2.08. The summed E-state index contributed by atoms with van der Waals surface area (Å²) >= 11 is 0. The molecule has 3 aromatic rings.